The van der Waals surface area contributed by atoms with Gasteiger partial charge < -0.3 is 0 Å². The van der Waals surface area contributed by atoms with E-state index in [4.69, 9.17) is 0 Å². The van der Waals surface area contributed by atoms with E-state index in [0.29, 0.717) is 5.56 Å². The van der Waals surface area contributed by atoms with E-state index in [0.717, 1.165) is 11.3 Å². The highest BCUT2D eigenvalue weighted by molar-refractivity contribution is 5.80. The maximum atomic E-state index is 13.3. The summed E-state index contributed by atoms with van der Waals surface area (Å²) in [6.45, 7) is 1.99. The molecule has 17 heavy (non-hydrogen) atoms. The maximum absolute atomic E-state index is 13.3. The van der Waals surface area contributed by atoms with Crippen molar-refractivity contribution in [2.24, 2.45) is 5.10 Å². The van der Waals surface area contributed by atoms with Gasteiger partial charge >= 0.3 is 0 Å². The lowest BCUT2D eigenvalue weighted by atomic mass is 10.2. The maximum Gasteiger partial charge on any atom is 0.132 e. The minimum absolute atomic E-state index is 0.275. The molecule has 0 saturated carbocycles. The first kappa shape index (κ1) is 11.3. The van der Waals surface area contributed by atoms with E-state index in [1.165, 1.54) is 12.3 Å². The minimum Gasteiger partial charge on any atom is -0.278 e. The van der Waals surface area contributed by atoms with Gasteiger partial charge in [-0.2, -0.15) is 5.10 Å². The second-order valence-corrected chi connectivity index (χ2v) is 3.71. The van der Waals surface area contributed by atoms with Gasteiger partial charge in [-0.25, -0.2) is 4.39 Å². The first-order valence-corrected chi connectivity index (χ1v) is 5.36. The Morgan fingerprint density at radius 2 is 1.76 bits per heavy atom. The second kappa shape index (κ2) is 5.25. The molecule has 2 aromatic carbocycles. The van der Waals surface area contributed by atoms with Crippen molar-refractivity contribution in [3.63, 3.8) is 0 Å². The number of rotatable bonds is 3. The molecule has 0 spiro atoms. The van der Waals surface area contributed by atoms with Crippen molar-refractivity contribution in [2.45, 2.75) is 6.92 Å². The number of aryl methyl sites for hydroxylation is 1. The smallest absolute Gasteiger partial charge is 0.132 e. The number of hydrazone groups is 1. The van der Waals surface area contributed by atoms with Crippen molar-refractivity contribution < 1.29 is 4.39 Å². The van der Waals surface area contributed by atoms with Crippen LogP contribution in [-0.2, 0) is 0 Å². The van der Waals surface area contributed by atoms with Gasteiger partial charge in [0.15, 0.2) is 0 Å². The lowest BCUT2D eigenvalue weighted by Crippen LogP contribution is -1.94. The van der Waals surface area contributed by atoms with E-state index < -0.39 is 0 Å². The summed E-state index contributed by atoms with van der Waals surface area (Å²) in [7, 11) is 0. The molecule has 86 valence electrons. The lowest BCUT2D eigenvalue weighted by Gasteiger charge is -2.03. The van der Waals surface area contributed by atoms with Crippen LogP contribution in [0.5, 0.6) is 0 Å². The quantitative estimate of drug-likeness (QED) is 0.630. The fourth-order valence-electron chi connectivity index (χ4n) is 1.45. The van der Waals surface area contributed by atoms with E-state index in [1.54, 1.807) is 18.2 Å². The molecule has 0 aliphatic heterocycles. The van der Waals surface area contributed by atoms with E-state index in [2.05, 4.69) is 10.5 Å². The van der Waals surface area contributed by atoms with Crippen LogP contribution in [0.1, 0.15) is 11.1 Å². The van der Waals surface area contributed by atoms with Crippen LogP contribution in [0.2, 0.25) is 0 Å². The Balaban J connectivity index is 2.09. The van der Waals surface area contributed by atoms with Crippen molar-refractivity contribution in [3.05, 3.63) is 65.5 Å². The number of hydrogen-bond acceptors (Lipinski definition) is 2. The highest BCUT2D eigenvalue weighted by Crippen LogP contribution is 2.12. The van der Waals surface area contributed by atoms with Gasteiger partial charge in [0.1, 0.15) is 5.82 Å². The third-order valence-electron chi connectivity index (χ3n) is 2.44. The van der Waals surface area contributed by atoms with Gasteiger partial charge in [0.05, 0.1) is 11.9 Å². The van der Waals surface area contributed by atoms with Gasteiger partial charge in [-0.05, 0) is 24.6 Å². The Bertz CT molecular complexity index is 535. The summed E-state index contributed by atoms with van der Waals surface area (Å²) in [5.74, 6) is -0.275. The molecule has 0 atom stereocenters. The molecule has 0 bridgehead atoms. The predicted octanol–water partition coefficient (Wildman–Crippen LogP) is 3.58. The number of halogens is 1. The highest BCUT2D eigenvalue weighted by Gasteiger charge is 1.96. The first-order chi connectivity index (χ1) is 8.27. The zero-order chi connectivity index (χ0) is 12.1. The molecule has 0 fully saturated rings. The zero-order valence-electron chi connectivity index (χ0n) is 9.52. The second-order valence-electron chi connectivity index (χ2n) is 3.71. The van der Waals surface area contributed by atoms with Crippen LogP contribution in [-0.4, -0.2) is 6.21 Å². The molecule has 0 heterocycles. The van der Waals surface area contributed by atoms with Gasteiger partial charge in [-0.1, -0.05) is 36.4 Å². The lowest BCUT2D eigenvalue weighted by molar-refractivity contribution is 0.626. The van der Waals surface area contributed by atoms with Crippen molar-refractivity contribution >= 4 is 11.9 Å². The van der Waals surface area contributed by atoms with Crippen molar-refractivity contribution in [1.29, 1.82) is 0 Å². The highest BCUT2D eigenvalue weighted by atomic mass is 19.1. The summed E-state index contributed by atoms with van der Waals surface area (Å²) < 4.78 is 13.3. The molecule has 2 rings (SSSR count). The van der Waals surface area contributed by atoms with Gasteiger partial charge in [-0.15, -0.1) is 0 Å². The van der Waals surface area contributed by atoms with Crippen molar-refractivity contribution in [1.82, 2.24) is 0 Å². The van der Waals surface area contributed by atoms with E-state index >= 15 is 0 Å². The standard InChI is InChI=1S/C14H13FN2/c1-11-6-2-5-9-14(11)17-16-10-12-7-3-4-8-13(12)15/h2-10,17H,1H3/b16-10+. The fourth-order valence-corrected chi connectivity index (χ4v) is 1.45. The fraction of sp³-hybridized carbons (Fsp3) is 0.0714. The molecule has 0 amide bonds. The Morgan fingerprint density at radius 3 is 2.53 bits per heavy atom. The molecule has 0 unspecified atom stereocenters. The molecule has 0 aliphatic carbocycles. The summed E-state index contributed by atoms with van der Waals surface area (Å²) >= 11 is 0. The Hall–Kier alpha value is -2.16. The van der Waals surface area contributed by atoms with Gasteiger partial charge in [0.2, 0.25) is 0 Å². The molecule has 0 aliphatic rings. The third kappa shape index (κ3) is 2.91. The number of nitrogens with zero attached hydrogens (tertiary/aromatic N) is 1. The molecule has 2 aromatic rings. The van der Waals surface area contributed by atoms with E-state index in [1.807, 2.05) is 31.2 Å². The zero-order valence-corrected chi connectivity index (χ0v) is 9.52. The topological polar surface area (TPSA) is 24.4 Å². The Kier molecular flexibility index (Phi) is 3.50. The van der Waals surface area contributed by atoms with Crippen LogP contribution in [0.15, 0.2) is 53.6 Å². The molecule has 1 N–H and O–H groups in total. The molecule has 2 nitrogen and oxygen atoms in total. The summed E-state index contributed by atoms with van der Waals surface area (Å²) in [5.41, 5.74) is 5.37. The number of benzene rings is 2. The Morgan fingerprint density at radius 1 is 1.06 bits per heavy atom. The largest absolute Gasteiger partial charge is 0.278 e. The van der Waals surface area contributed by atoms with Crippen molar-refractivity contribution in [2.75, 3.05) is 5.43 Å². The molecule has 0 radical (unpaired) electrons. The molecule has 0 aromatic heterocycles. The SMILES string of the molecule is Cc1ccccc1N/N=C/c1ccccc1F. The monoisotopic (exact) mass is 228 g/mol. The van der Waals surface area contributed by atoms with Gasteiger partial charge in [-0.3, -0.25) is 5.43 Å². The first-order valence-electron chi connectivity index (χ1n) is 5.36. The summed E-state index contributed by atoms with van der Waals surface area (Å²) in [6.07, 6.45) is 1.47. The molecule has 3 heteroatoms. The normalized spacial score (nSPS) is 10.7. The average Bonchev–Trinajstić information content (AvgIpc) is 2.34. The van der Waals surface area contributed by atoms with Gasteiger partial charge in [0.25, 0.3) is 0 Å². The van der Waals surface area contributed by atoms with Crippen LogP contribution >= 0.6 is 0 Å². The predicted molar refractivity (Wildman–Crippen MR) is 68.8 cm³/mol. The number of anilines is 1. The van der Waals surface area contributed by atoms with Crippen LogP contribution in [0.3, 0.4) is 0 Å². The summed E-state index contributed by atoms with van der Waals surface area (Å²) in [5, 5.41) is 4.02. The molecular weight excluding hydrogens is 215 g/mol. The number of nitrogens with one attached hydrogen (secondary N) is 1. The molecule has 0 saturated heterocycles. The van der Waals surface area contributed by atoms with Gasteiger partial charge in [0, 0.05) is 5.56 Å². The van der Waals surface area contributed by atoms with E-state index in [9.17, 15) is 4.39 Å². The van der Waals surface area contributed by atoms with E-state index in [-0.39, 0.29) is 5.82 Å². The Labute approximate surface area is 99.8 Å². The minimum atomic E-state index is -0.275. The van der Waals surface area contributed by atoms with Crippen LogP contribution in [0.4, 0.5) is 10.1 Å². The average molecular weight is 228 g/mol. The third-order valence-corrected chi connectivity index (χ3v) is 2.44. The van der Waals surface area contributed by atoms with Crippen LogP contribution in [0.25, 0.3) is 0 Å². The molecular formula is C14H13FN2. The number of para-hydroxylation sites is 1. The summed E-state index contributed by atoms with van der Waals surface area (Å²) in [4.78, 5) is 0. The van der Waals surface area contributed by atoms with Crippen LogP contribution in [0, 0.1) is 12.7 Å². The van der Waals surface area contributed by atoms with Crippen LogP contribution < -0.4 is 5.43 Å². The van der Waals surface area contributed by atoms with Crippen molar-refractivity contribution in [3.8, 4) is 0 Å². The number of hydrogen-bond donors (Lipinski definition) is 1. The summed E-state index contributed by atoms with van der Waals surface area (Å²) in [6, 6.07) is 14.3.